The monoisotopic (exact) mass is 575 g/mol. The summed E-state index contributed by atoms with van der Waals surface area (Å²) in [5.41, 5.74) is 1.17. The molecule has 0 radical (unpaired) electrons. The Morgan fingerprint density at radius 2 is 1.77 bits per heavy atom. The lowest BCUT2D eigenvalue weighted by Crippen LogP contribution is -2.37. The zero-order chi connectivity index (χ0) is 29.1. The van der Waals surface area contributed by atoms with E-state index in [9.17, 15) is 23.1 Å². The van der Waals surface area contributed by atoms with E-state index in [1.165, 1.54) is 44.6 Å². The minimum Gasteiger partial charge on any atom is -0.497 e. The third-order valence-electron chi connectivity index (χ3n) is 6.04. The number of rotatable bonds is 14. The molecule has 11 nitrogen and oxygen atoms in total. The van der Waals surface area contributed by atoms with E-state index in [4.69, 9.17) is 23.7 Å². The Balaban J connectivity index is 1.73. The van der Waals surface area contributed by atoms with Crippen LogP contribution in [0.1, 0.15) is 28.3 Å². The predicted octanol–water partition coefficient (Wildman–Crippen LogP) is 2.62. The molecule has 0 saturated carbocycles. The highest BCUT2D eigenvalue weighted by molar-refractivity contribution is 7.89. The SMILES string of the molecule is C=CCOC(=O)C1=CC(c2ccc(C(=O)OC)cc2)CC(OCCN(CCO)S(=O)(=O)c2ccc(OC)cc2)O1. The predicted molar refractivity (Wildman–Crippen MR) is 144 cm³/mol. The van der Waals surface area contributed by atoms with Crippen LogP contribution in [0.4, 0.5) is 0 Å². The van der Waals surface area contributed by atoms with Gasteiger partial charge in [-0.25, -0.2) is 18.0 Å². The van der Waals surface area contributed by atoms with Gasteiger partial charge in [-0.2, -0.15) is 4.31 Å². The van der Waals surface area contributed by atoms with Gasteiger partial charge in [0.05, 0.1) is 37.9 Å². The molecule has 0 bridgehead atoms. The molecule has 0 saturated heterocycles. The maximum Gasteiger partial charge on any atom is 0.373 e. The summed E-state index contributed by atoms with van der Waals surface area (Å²) in [6, 6.07) is 12.6. The van der Waals surface area contributed by atoms with Gasteiger partial charge in [0.25, 0.3) is 0 Å². The first-order valence-corrected chi connectivity index (χ1v) is 13.9. The van der Waals surface area contributed by atoms with Crippen molar-refractivity contribution in [3.8, 4) is 5.75 Å². The van der Waals surface area contributed by atoms with Gasteiger partial charge < -0.3 is 28.8 Å². The molecule has 216 valence electrons. The molecule has 0 amide bonds. The van der Waals surface area contributed by atoms with Crippen molar-refractivity contribution in [2.75, 3.05) is 47.1 Å². The van der Waals surface area contributed by atoms with Gasteiger partial charge in [-0.1, -0.05) is 24.8 Å². The third kappa shape index (κ3) is 7.92. The van der Waals surface area contributed by atoms with E-state index in [2.05, 4.69) is 6.58 Å². The van der Waals surface area contributed by atoms with E-state index < -0.39 is 28.3 Å². The van der Waals surface area contributed by atoms with Crippen LogP contribution >= 0.6 is 0 Å². The van der Waals surface area contributed by atoms with E-state index >= 15 is 0 Å². The fourth-order valence-corrected chi connectivity index (χ4v) is 5.39. The molecule has 0 aliphatic carbocycles. The van der Waals surface area contributed by atoms with Crippen LogP contribution in [0.5, 0.6) is 5.75 Å². The summed E-state index contributed by atoms with van der Waals surface area (Å²) >= 11 is 0. The fourth-order valence-electron chi connectivity index (χ4n) is 3.97. The molecule has 2 unspecified atom stereocenters. The van der Waals surface area contributed by atoms with Crippen molar-refractivity contribution in [3.63, 3.8) is 0 Å². The molecule has 2 aromatic carbocycles. The lowest BCUT2D eigenvalue weighted by molar-refractivity contribution is -0.160. The van der Waals surface area contributed by atoms with Crippen LogP contribution in [0.3, 0.4) is 0 Å². The maximum absolute atomic E-state index is 13.2. The summed E-state index contributed by atoms with van der Waals surface area (Å²) in [6.07, 6.45) is 2.45. The Bertz CT molecular complexity index is 1290. The Morgan fingerprint density at radius 3 is 2.38 bits per heavy atom. The highest BCUT2D eigenvalue weighted by Crippen LogP contribution is 2.32. The van der Waals surface area contributed by atoms with Crippen molar-refractivity contribution < 1.29 is 46.8 Å². The first-order valence-electron chi connectivity index (χ1n) is 12.4. The van der Waals surface area contributed by atoms with Crippen LogP contribution in [-0.4, -0.2) is 83.2 Å². The fraction of sp³-hybridized carbons (Fsp3) is 0.357. The first-order chi connectivity index (χ1) is 19.2. The average Bonchev–Trinajstić information content (AvgIpc) is 2.98. The smallest absolute Gasteiger partial charge is 0.373 e. The van der Waals surface area contributed by atoms with Gasteiger partial charge in [0, 0.05) is 25.4 Å². The topological polar surface area (TPSA) is 138 Å². The zero-order valence-electron chi connectivity index (χ0n) is 22.4. The second-order valence-corrected chi connectivity index (χ2v) is 10.5. The second-order valence-electron chi connectivity index (χ2n) is 8.60. The summed E-state index contributed by atoms with van der Waals surface area (Å²) in [5, 5.41) is 9.49. The maximum atomic E-state index is 13.2. The summed E-state index contributed by atoms with van der Waals surface area (Å²) in [5.74, 6) is -1.05. The Kier molecular flexibility index (Phi) is 11.3. The number of carbonyl (C=O) groups excluding carboxylic acids is 2. The van der Waals surface area contributed by atoms with Crippen LogP contribution in [0, 0.1) is 0 Å². The standard InChI is InChI=1S/C28H33NO10S/c1-4-16-38-28(32)25-18-22(20-5-7-21(8-6-20)27(31)36-3)19-26(39-25)37-17-14-29(13-15-30)40(33,34)24-11-9-23(35-2)10-12-24/h4-12,18,22,26,30H,1,13-17,19H2,2-3H3. The Labute approximate surface area is 233 Å². The quantitative estimate of drug-likeness (QED) is 0.264. The molecule has 3 rings (SSSR count). The molecule has 0 aromatic heterocycles. The third-order valence-corrected chi connectivity index (χ3v) is 7.95. The average molecular weight is 576 g/mol. The highest BCUT2D eigenvalue weighted by Gasteiger charge is 2.31. The molecule has 0 spiro atoms. The molecule has 0 fully saturated rings. The Morgan fingerprint density at radius 1 is 1.07 bits per heavy atom. The molecular formula is C28H33NO10S. The first kappa shape index (κ1) is 30.8. The van der Waals surface area contributed by atoms with Gasteiger partial charge in [0.2, 0.25) is 22.1 Å². The van der Waals surface area contributed by atoms with Crippen LogP contribution in [0.2, 0.25) is 0 Å². The van der Waals surface area contributed by atoms with E-state index in [0.29, 0.717) is 17.7 Å². The number of hydrogen-bond donors (Lipinski definition) is 1. The van der Waals surface area contributed by atoms with Gasteiger partial charge in [-0.05, 0) is 48.0 Å². The number of nitrogens with zero attached hydrogens (tertiary/aromatic N) is 1. The molecule has 2 atom stereocenters. The number of aliphatic hydroxyl groups is 1. The largest absolute Gasteiger partial charge is 0.497 e. The van der Waals surface area contributed by atoms with E-state index in [0.717, 1.165) is 9.87 Å². The number of methoxy groups -OCH3 is 2. The van der Waals surface area contributed by atoms with Gasteiger partial charge in [-0.15, -0.1) is 0 Å². The van der Waals surface area contributed by atoms with Crippen molar-refractivity contribution >= 4 is 22.0 Å². The number of allylic oxidation sites excluding steroid dienone is 1. The lowest BCUT2D eigenvalue weighted by atomic mass is 9.92. The normalized spacial score (nSPS) is 16.9. The van der Waals surface area contributed by atoms with Crippen molar-refractivity contribution in [1.82, 2.24) is 4.31 Å². The number of ether oxygens (including phenoxy) is 5. The van der Waals surface area contributed by atoms with Crippen LogP contribution < -0.4 is 4.74 Å². The van der Waals surface area contributed by atoms with Crippen LogP contribution in [0.15, 0.2) is 77.9 Å². The molecule has 1 aliphatic heterocycles. The lowest BCUT2D eigenvalue weighted by Gasteiger charge is -2.30. The molecule has 40 heavy (non-hydrogen) atoms. The van der Waals surface area contributed by atoms with E-state index in [1.807, 2.05) is 0 Å². The van der Waals surface area contributed by atoms with Gasteiger partial charge >= 0.3 is 11.9 Å². The summed E-state index contributed by atoms with van der Waals surface area (Å²) < 4.78 is 54.0. The summed E-state index contributed by atoms with van der Waals surface area (Å²) in [6.45, 7) is 2.83. The van der Waals surface area contributed by atoms with Crippen LogP contribution in [0.25, 0.3) is 0 Å². The van der Waals surface area contributed by atoms with E-state index in [-0.39, 0.29) is 49.5 Å². The molecular weight excluding hydrogens is 542 g/mol. The minimum absolute atomic E-state index is 0.0110. The van der Waals surface area contributed by atoms with Crippen molar-refractivity contribution in [3.05, 3.63) is 84.1 Å². The number of esters is 2. The molecule has 1 aliphatic rings. The molecule has 1 heterocycles. The van der Waals surface area contributed by atoms with Gasteiger partial charge in [0.1, 0.15) is 12.4 Å². The van der Waals surface area contributed by atoms with Gasteiger partial charge in [-0.3, -0.25) is 0 Å². The Hall–Kier alpha value is -3.71. The molecule has 1 N–H and O–H groups in total. The van der Waals surface area contributed by atoms with Crippen LogP contribution in [-0.2, 0) is 33.8 Å². The number of aliphatic hydroxyl groups excluding tert-OH is 1. The van der Waals surface area contributed by atoms with Gasteiger partial charge in [0.15, 0.2) is 0 Å². The number of hydrogen-bond acceptors (Lipinski definition) is 10. The highest BCUT2D eigenvalue weighted by atomic mass is 32.2. The summed E-state index contributed by atoms with van der Waals surface area (Å²) in [4.78, 5) is 24.4. The number of sulfonamides is 1. The summed E-state index contributed by atoms with van der Waals surface area (Å²) in [7, 11) is -1.15. The van der Waals surface area contributed by atoms with Crippen molar-refractivity contribution in [1.29, 1.82) is 0 Å². The van der Waals surface area contributed by atoms with Crippen molar-refractivity contribution in [2.24, 2.45) is 0 Å². The minimum atomic E-state index is -3.93. The van der Waals surface area contributed by atoms with Crippen molar-refractivity contribution in [2.45, 2.75) is 23.5 Å². The zero-order valence-corrected chi connectivity index (χ0v) is 23.2. The second kappa shape index (κ2) is 14.6. The molecule has 12 heteroatoms. The molecule has 2 aromatic rings. The van der Waals surface area contributed by atoms with E-state index in [1.54, 1.807) is 30.3 Å². The number of benzene rings is 2. The number of carbonyl (C=O) groups is 2.